The van der Waals surface area contributed by atoms with Gasteiger partial charge in [0.1, 0.15) is 11.6 Å². The van der Waals surface area contributed by atoms with Crippen LogP contribution in [0.1, 0.15) is 37.8 Å². The van der Waals surface area contributed by atoms with Crippen LogP contribution in [0.2, 0.25) is 0 Å². The van der Waals surface area contributed by atoms with Crippen molar-refractivity contribution in [2.45, 2.75) is 44.8 Å². The Morgan fingerprint density at radius 3 is 2.52 bits per heavy atom. The fourth-order valence-electron chi connectivity index (χ4n) is 4.23. The lowest BCUT2D eigenvalue weighted by molar-refractivity contribution is 0.277. The molecule has 4 heterocycles. The van der Waals surface area contributed by atoms with Crippen molar-refractivity contribution in [3.05, 3.63) is 24.0 Å². The van der Waals surface area contributed by atoms with E-state index in [4.69, 9.17) is 4.98 Å². The second-order valence-electron chi connectivity index (χ2n) is 8.01. The quantitative estimate of drug-likeness (QED) is 0.764. The number of aliphatic hydroxyl groups excluding tert-OH is 1. The van der Waals surface area contributed by atoms with Gasteiger partial charge in [0.25, 0.3) is 0 Å². The smallest absolute Gasteiger partial charge is 0.211 e. The van der Waals surface area contributed by atoms with Crippen LogP contribution in [0.3, 0.4) is 0 Å². The van der Waals surface area contributed by atoms with Crippen molar-refractivity contribution in [2.24, 2.45) is 0 Å². The monoisotopic (exact) mass is 419 g/mol. The summed E-state index contributed by atoms with van der Waals surface area (Å²) in [6, 6.07) is 4.13. The van der Waals surface area contributed by atoms with Gasteiger partial charge in [-0.1, -0.05) is 0 Å². The lowest BCUT2D eigenvalue weighted by atomic mass is 10.1. The van der Waals surface area contributed by atoms with Crippen LogP contribution in [0.25, 0.3) is 10.8 Å². The van der Waals surface area contributed by atoms with Gasteiger partial charge < -0.3 is 15.3 Å². The summed E-state index contributed by atoms with van der Waals surface area (Å²) in [4.78, 5) is 11.6. The molecular weight excluding hydrogens is 390 g/mol. The van der Waals surface area contributed by atoms with Crippen LogP contribution in [-0.2, 0) is 16.6 Å². The molecule has 0 saturated carbocycles. The topological polar surface area (TPSA) is 98.7 Å². The molecule has 2 N–H and O–H groups in total. The van der Waals surface area contributed by atoms with E-state index in [9.17, 15) is 13.5 Å². The van der Waals surface area contributed by atoms with Gasteiger partial charge in [0.2, 0.25) is 10.0 Å². The molecule has 158 valence electrons. The minimum absolute atomic E-state index is 0.0876. The van der Waals surface area contributed by atoms with E-state index in [-0.39, 0.29) is 12.6 Å². The second kappa shape index (κ2) is 8.41. The SMILES string of the molecule is CS(=O)(=O)N1CCC(Nc2cc3c(N4CCCCC4)nc(CO)cc3cn2)CC1. The zero-order chi connectivity index (χ0) is 20.4. The molecule has 0 amide bonds. The zero-order valence-electron chi connectivity index (χ0n) is 16.8. The number of hydrogen-bond donors (Lipinski definition) is 2. The first-order valence-electron chi connectivity index (χ1n) is 10.3. The minimum atomic E-state index is -3.12. The lowest BCUT2D eigenvalue weighted by Gasteiger charge is -2.31. The standard InChI is InChI=1S/C20H29N5O3S/c1-29(27,28)25-9-5-16(6-10-25)22-19-12-18-15(13-21-19)11-17(14-26)23-20(18)24-7-3-2-4-8-24/h11-13,16,26H,2-10,14H2,1H3,(H,21,22). The number of aliphatic hydroxyl groups is 1. The number of rotatable bonds is 5. The maximum atomic E-state index is 11.7. The number of nitrogens with one attached hydrogen (secondary N) is 1. The maximum Gasteiger partial charge on any atom is 0.211 e. The average Bonchev–Trinajstić information content (AvgIpc) is 2.73. The van der Waals surface area contributed by atoms with Gasteiger partial charge in [-0.2, -0.15) is 0 Å². The highest BCUT2D eigenvalue weighted by atomic mass is 32.2. The summed E-state index contributed by atoms with van der Waals surface area (Å²) in [6.45, 7) is 2.93. The highest BCUT2D eigenvalue weighted by molar-refractivity contribution is 7.88. The summed E-state index contributed by atoms with van der Waals surface area (Å²) in [5, 5.41) is 15.1. The number of piperidine rings is 2. The molecule has 2 aliphatic heterocycles. The molecule has 0 spiro atoms. The Kier molecular flexibility index (Phi) is 5.89. The third-order valence-corrected chi connectivity index (χ3v) is 7.14. The molecule has 8 nitrogen and oxygen atoms in total. The van der Waals surface area contributed by atoms with E-state index in [1.807, 2.05) is 18.3 Å². The van der Waals surface area contributed by atoms with Crippen molar-refractivity contribution in [3.63, 3.8) is 0 Å². The fourth-order valence-corrected chi connectivity index (χ4v) is 5.10. The highest BCUT2D eigenvalue weighted by Gasteiger charge is 2.25. The number of fused-ring (bicyclic) bond motifs is 1. The molecule has 0 unspecified atom stereocenters. The molecule has 29 heavy (non-hydrogen) atoms. The van der Waals surface area contributed by atoms with Gasteiger partial charge >= 0.3 is 0 Å². The van der Waals surface area contributed by atoms with Crippen molar-refractivity contribution < 1.29 is 13.5 Å². The van der Waals surface area contributed by atoms with E-state index in [1.165, 1.54) is 17.0 Å². The average molecular weight is 420 g/mol. The summed E-state index contributed by atoms with van der Waals surface area (Å²) in [7, 11) is -3.12. The molecule has 2 fully saturated rings. The number of nitrogens with zero attached hydrogens (tertiary/aromatic N) is 4. The zero-order valence-corrected chi connectivity index (χ0v) is 17.7. The van der Waals surface area contributed by atoms with Gasteiger partial charge in [-0.25, -0.2) is 22.7 Å². The van der Waals surface area contributed by atoms with Crippen molar-refractivity contribution in [3.8, 4) is 0 Å². The van der Waals surface area contributed by atoms with Crippen LogP contribution in [0.4, 0.5) is 11.6 Å². The Morgan fingerprint density at radius 2 is 1.86 bits per heavy atom. The number of sulfonamides is 1. The summed E-state index contributed by atoms with van der Waals surface area (Å²) in [5.74, 6) is 1.70. The lowest BCUT2D eigenvalue weighted by Crippen LogP contribution is -2.41. The molecule has 2 aliphatic rings. The van der Waals surface area contributed by atoms with Gasteiger partial charge in [0.15, 0.2) is 0 Å². The predicted octanol–water partition coefficient (Wildman–Crippen LogP) is 1.95. The van der Waals surface area contributed by atoms with Gasteiger partial charge in [0.05, 0.1) is 18.6 Å². The Balaban J connectivity index is 1.57. The summed E-state index contributed by atoms with van der Waals surface area (Å²) < 4.78 is 24.9. The normalized spacial score (nSPS) is 19.6. The fraction of sp³-hybridized carbons (Fsp3) is 0.600. The Bertz CT molecular complexity index is 967. The number of pyridine rings is 2. The number of anilines is 2. The maximum absolute atomic E-state index is 11.7. The third-order valence-electron chi connectivity index (χ3n) is 5.84. The van der Waals surface area contributed by atoms with Gasteiger partial charge in [-0.05, 0) is 44.2 Å². The molecule has 4 rings (SSSR count). The van der Waals surface area contributed by atoms with Crippen LogP contribution in [0.5, 0.6) is 0 Å². The van der Waals surface area contributed by atoms with E-state index in [1.54, 1.807) is 0 Å². The van der Waals surface area contributed by atoms with E-state index in [2.05, 4.69) is 15.2 Å². The minimum Gasteiger partial charge on any atom is -0.390 e. The second-order valence-corrected chi connectivity index (χ2v) is 10.00. The highest BCUT2D eigenvalue weighted by Crippen LogP contribution is 2.30. The van der Waals surface area contributed by atoms with E-state index in [0.717, 1.165) is 61.2 Å². The molecule has 0 bridgehead atoms. The molecule has 0 atom stereocenters. The summed E-state index contributed by atoms with van der Waals surface area (Å²) in [6.07, 6.45) is 8.16. The molecule has 0 aromatic carbocycles. The molecule has 2 aromatic rings. The van der Waals surface area contributed by atoms with Crippen molar-refractivity contribution in [1.82, 2.24) is 14.3 Å². The van der Waals surface area contributed by atoms with Crippen LogP contribution >= 0.6 is 0 Å². The van der Waals surface area contributed by atoms with Crippen molar-refractivity contribution in [2.75, 3.05) is 42.7 Å². The van der Waals surface area contributed by atoms with Gasteiger partial charge in [0, 0.05) is 49.2 Å². The first-order valence-corrected chi connectivity index (χ1v) is 12.2. The van der Waals surface area contributed by atoms with Crippen LogP contribution in [-0.4, -0.2) is 66.3 Å². The molecule has 0 radical (unpaired) electrons. The third kappa shape index (κ3) is 4.62. The number of hydrogen-bond acceptors (Lipinski definition) is 7. The first kappa shape index (κ1) is 20.3. The molecule has 2 saturated heterocycles. The van der Waals surface area contributed by atoms with Crippen LogP contribution < -0.4 is 10.2 Å². The van der Waals surface area contributed by atoms with E-state index >= 15 is 0 Å². The Morgan fingerprint density at radius 1 is 1.14 bits per heavy atom. The Labute approximate surface area is 172 Å². The van der Waals surface area contributed by atoms with Gasteiger partial charge in [-0.3, -0.25) is 0 Å². The van der Waals surface area contributed by atoms with Crippen molar-refractivity contribution in [1.29, 1.82) is 0 Å². The molecule has 0 aliphatic carbocycles. The molecule has 9 heteroatoms. The summed E-state index contributed by atoms with van der Waals surface area (Å²) in [5.41, 5.74) is 0.661. The van der Waals surface area contributed by atoms with Crippen LogP contribution in [0, 0.1) is 0 Å². The largest absolute Gasteiger partial charge is 0.390 e. The van der Waals surface area contributed by atoms with Gasteiger partial charge in [-0.15, -0.1) is 0 Å². The molecule has 2 aromatic heterocycles. The van der Waals surface area contributed by atoms with E-state index < -0.39 is 10.0 Å². The Hall–Kier alpha value is -1.97. The van der Waals surface area contributed by atoms with Crippen LogP contribution in [0.15, 0.2) is 18.3 Å². The van der Waals surface area contributed by atoms with Crippen molar-refractivity contribution >= 4 is 32.4 Å². The van der Waals surface area contributed by atoms with E-state index in [0.29, 0.717) is 18.8 Å². The molecular formula is C20H29N5O3S. The number of aromatic nitrogens is 2. The predicted molar refractivity (Wildman–Crippen MR) is 115 cm³/mol. The summed E-state index contributed by atoms with van der Waals surface area (Å²) >= 11 is 0. The first-order chi connectivity index (χ1) is 13.9.